The van der Waals surface area contributed by atoms with Crippen LogP contribution in [-0.2, 0) is 0 Å². The lowest BCUT2D eigenvalue weighted by Crippen LogP contribution is -2.35. The zero-order valence-electron chi connectivity index (χ0n) is 17.3. The summed E-state index contributed by atoms with van der Waals surface area (Å²) in [6.07, 6.45) is -3.32. The number of fused-ring (bicyclic) bond motifs is 1. The monoisotopic (exact) mass is 450 g/mol. The lowest BCUT2D eigenvalue weighted by molar-refractivity contribution is -0.154. The summed E-state index contributed by atoms with van der Waals surface area (Å²) in [5, 5.41) is 0.203. The first-order valence-electron chi connectivity index (χ1n) is 9.59. The quantitative estimate of drug-likeness (QED) is 0.511. The number of halogens is 5. The fourth-order valence-electron chi connectivity index (χ4n) is 3.12. The van der Waals surface area contributed by atoms with Crippen molar-refractivity contribution in [2.75, 3.05) is 13.2 Å². The molecule has 0 unspecified atom stereocenters. The molecule has 0 fully saturated rings. The maximum atomic E-state index is 15.6. The fourth-order valence-corrected chi connectivity index (χ4v) is 3.12. The molecule has 1 aromatic heterocycles. The largest absolute Gasteiger partial charge is 0.467 e. The summed E-state index contributed by atoms with van der Waals surface area (Å²) in [6.45, 7) is 5.28. The number of ether oxygens (including phenoxy) is 2. The van der Waals surface area contributed by atoms with E-state index in [1.807, 2.05) is 0 Å². The van der Waals surface area contributed by atoms with Gasteiger partial charge < -0.3 is 9.47 Å². The van der Waals surface area contributed by atoms with Crippen LogP contribution >= 0.6 is 0 Å². The summed E-state index contributed by atoms with van der Waals surface area (Å²) in [5.74, 6) is -2.04. The molecule has 0 aliphatic carbocycles. The van der Waals surface area contributed by atoms with Gasteiger partial charge in [-0.2, -0.15) is 23.1 Å². The Labute approximate surface area is 180 Å². The van der Waals surface area contributed by atoms with Crippen LogP contribution in [0.2, 0.25) is 0 Å². The van der Waals surface area contributed by atoms with Crippen molar-refractivity contribution in [1.29, 1.82) is 0 Å². The minimum atomic E-state index is -4.63. The van der Waals surface area contributed by atoms with Crippen molar-refractivity contribution in [3.8, 4) is 11.9 Å². The Morgan fingerprint density at radius 3 is 2.41 bits per heavy atom. The van der Waals surface area contributed by atoms with E-state index in [-0.39, 0.29) is 39.7 Å². The molecular formula is C23H19F5N2O2. The molecule has 0 amide bonds. The second-order valence-corrected chi connectivity index (χ2v) is 6.64. The Balaban J connectivity index is 2.26. The first-order valence-corrected chi connectivity index (χ1v) is 9.59. The standard InChI is InChI=1S/C23H19F5N2O2/c1-4-15-20(29-22(31-5-2)30-21(15)32-12-23(26,27)28)19(25)13(3)16-10-6-8-14-9-7-11-17(24)18(14)16/h4,6-11H,3,5,12H2,1-2H3/b15-4?,20-19-. The van der Waals surface area contributed by atoms with E-state index in [1.54, 1.807) is 25.1 Å². The molecule has 0 radical (unpaired) electrons. The van der Waals surface area contributed by atoms with E-state index >= 15 is 4.39 Å². The summed E-state index contributed by atoms with van der Waals surface area (Å²) >= 11 is 0. The number of alkyl halides is 3. The van der Waals surface area contributed by atoms with E-state index in [4.69, 9.17) is 9.47 Å². The SMILES string of the molecule is C=C(/C(F)=c1/nc(OCC)nc(OCC(F)(F)F)c1=CC)c1cccc2cccc(F)c12. The van der Waals surface area contributed by atoms with Gasteiger partial charge in [0.1, 0.15) is 11.2 Å². The van der Waals surface area contributed by atoms with Crippen LogP contribution in [0.25, 0.3) is 28.2 Å². The minimum Gasteiger partial charge on any atom is -0.467 e. The molecule has 3 rings (SSSR count). The zero-order chi connectivity index (χ0) is 23.5. The first-order chi connectivity index (χ1) is 15.2. The molecule has 0 bridgehead atoms. The van der Waals surface area contributed by atoms with Crippen molar-refractivity contribution < 1.29 is 31.4 Å². The Hall–Kier alpha value is -3.49. The molecule has 1 heterocycles. The molecule has 2 aromatic carbocycles. The van der Waals surface area contributed by atoms with Crippen molar-refractivity contribution in [2.24, 2.45) is 0 Å². The van der Waals surface area contributed by atoms with E-state index < -0.39 is 30.3 Å². The maximum absolute atomic E-state index is 15.6. The lowest BCUT2D eigenvalue weighted by Gasteiger charge is -2.12. The first kappa shape index (κ1) is 23.2. The van der Waals surface area contributed by atoms with Crippen LogP contribution in [0.4, 0.5) is 22.0 Å². The van der Waals surface area contributed by atoms with Crippen LogP contribution in [0.5, 0.6) is 11.9 Å². The lowest BCUT2D eigenvalue weighted by atomic mass is 9.97. The van der Waals surface area contributed by atoms with Crippen molar-refractivity contribution in [3.05, 3.63) is 64.9 Å². The molecule has 0 atom stereocenters. The smallest absolute Gasteiger partial charge is 0.422 e. The predicted octanol–water partition coefficient (Wildman–Crippen LogP) is 4.70. The van der Waals surface area contributed by atoms with Crippen molar-refractivity contribution in [1.82, 2.24) is 9.97 Å². The van der Waals surface area contributed by atoms with Gasteiger partial charge in [0.15, 0.2) is 12.4 Å². The van der Waals surface area contributed by atoms with Gasteiger partial charge in [-0.05, 0) is 30.9 Å². The van der Waals surface area contributed by atoms with Crippen molar-refractivity contribution >= 4 is 28.2 Å². The summed E-state index contributed by atoms with van der Waals surface area (Å²) in [5.41, 5.74) is -0.0267. The summed E-state index contributed by atoms with van der Waals surface area (Å²) < 4.78 is 78.2. The number of benzene rings is 2. The Morgan fingerprint density at radius 1 is 1.09 bits per heavy atom. The molecule has 32 heavy (non-hydrogen) atoms. The number of allylic oxidation sites excluding steroid dienone is 1. The molecule has 0 saturated carbocycles. The number of aromatic nitrogens is 2. The molecule has 168 valence electrons. The highest BCUT2D eigenvalue weighted by Crippen LogP contribution is 2.31. The third-order valence-electron chi connectivity index (χ3n) is 4.48. The molecule has 0 spiro atoms. The number of hydrogen-bond acceptors (Lipinski definition) is 4. The van der Waals surface area contributed by atoms with Crippen molar-refractivity contribution in [3.63, 3.8) is 0 Å². The van der Waals surface area contributed by atoms with Crippen LogP contribution in [0.3, 0.4) is 0 Å². The molecule has 3 aromatic rings. The number of hydrogen-bond donors (Lipinski definition) is 0. The molecule has 0 aliphatic heterocycles. The van der Waals surface area contributed by atoms with E-state index in [1.165, 1.54) is 31.2 Å². The minimum absolute atomic E-state index is 0.0877. The second kappa shape index (κ2) is 9.33. The van der Waals surface area contributed by atoms with Gasteiger partial charge in [-0.15, -0.1) is 0 Å². The van der Waals surface area contributed by atoms with Crippen LogP contribution in [-0.4, -0.2) is 29.4 Å². The average molecular weight is 450 g/mol. The summed E-state index contributed by atoms with van der Waals surface area (Å²) in [4.78, 5) is 7.81. The van der Waals surface area contributed by atoms with Gasteiger partial charge in [-0.3, -0.25) is 0 Å². The van der Waals surface area contributed by atoms with Gasteiger partial charge >= 0.3 is 12.2 Å². The van der Waals surface area contributed by atoms with E-state index in [9.17, 15) is 17.6 Å². The van der Waals surface area contributed by atoms with Crippen LogP contribution in [0.1, 0.15) is 19.4 Å². The van der Waals surface area contributed by atoms with Gasteiger partial charge in [0, 0.05) is 11.0 Å². The van der Waals surface area contributed by atoms with Gasteiger partial charge in [-0.1, -0.05) is 43.0 Å². The van der Waals surface area contributed by atoms with Gasteiger partial charge in [0.05, 0.1) is 11.8 Å². The predicted molar refractivity (Wildman–Crippen MR) is 112 cm³/mol. The molecule has 9 heteroatoms. The molecular weight excluding hydrogens is 431 g/mol. The van der Waals surface area contributed by atoms with Gasteiger partial charge in [0.2, 0.25) is 5.88 Å². The van der Waals surface area contributed by atoms with Crippen molar-refractivity contribution in [2.45, 2.75) is 20.0 Å². The van der Waals surface area contributed by atoms with E-state index in [2.05, 4.69) is 16.5 Å². The topological polar surface area (TPSA) is 44.2 Å². The summed E-state index contributed by atoms with van der Waals surface area (Å²) in [6, 6.07) is 8.84. The molecule has 0 saturated heterocycles. The molecule has 4 nitrogen and oxygen atoms in total. The molecule has 0 aliphatic rings. The highest BCUT2D eigenvalue weighted by Gasteiger charge is 2.29. The Morgan fingerprint density at radius 2 is 1.78 bits per heavy atom. The van der Waals surface area contributed by atoms with E-state index in [0.717, 1.165) is 0 Å². The van der Waals surface area contributed by atoms with Gasteiger partial charge in [0.25, 0.3) is 0 Å². The number of rotatable bonds is 6. The Kier molecular flexibility index (Phi) is 6.76. The second-order valence-electron chi connectivity index (χ2n) is 6.64. The number of nitrogens with zero attached hydrogens (tertiary/aromatic N) is 2. The summed E-state index contributed by atoms with van der Waals surface area (Å²) in [7, 11) is 0. The Bertz CT molecular complexity index is 1280. The van der Waals surface area contributed by atoms with E-state index in [0.29, 0.717) is 5.39 Å². The maximum Gasteiger partial charge on any atom is 0.422 e. The third-order valence-corrected chi connectivity index (χ3v) is 4.48. The van der Waals surface area contributed by atoms with Gasteiger partial charge in [-0.25, -0.2) is 8.78 Å². The third kappa shape index (κ3) is 4.87. The average Bonchev–Trinajstić information content (AvgIpc) is 2.76. The fraction of sp³-hybridized carbons (Fsp3) is 0.217. The van der Waals surface area contributed by atoms with Crippen LogP contribution in [0, 0.1) is 5.82 Å². The zero-order valence-corrected chi connectivity index (χ0v) is 17.3. The normalized spacial score (nSPS) is 13.3. The highest BCUT2D eigenvalue weighted by atomic mass is 19.4. The van der Waals surface area contributed by atoms with Crippen LogP contribution in [0.15, 0.2) is 43.0 Å². The highest BCUT2D eigenvalue weighted by molar-refractivity contribution is 6.03. The van der Waals surface area contributed by atoms with Crippen LogP contribution < -0.4 is 20.0 Å². The molecule has 0 N–H and O–H groups in total.